The van der Waals surface area contributed by atoms with Crippen molar-refractivity contribution in [3.63, 3.8) is 0 Å². The number of nitriles is 1. The quantitative estimate of drug-likeness (QED) is 0.901. The van der Waals surface area contributed by atoms with E-state index >= 15 is 0 Å². The zero-order valence-electron chi connectivity index (χ0n) is 11.6. The zero-order chi connectivity index (χ0) is 13.7. The molecular weight excluding hydrogens is 234 g/mol. The highest BCUT2D eigenvalue weighted by molar-refractivity contribution is 5.25. The maximum atomic E-state index is 9.43. The number of piperidine rings is 1. The number of nitrogens with two attached hydrogens (primary N) is 1. The van der Waals surface area contributed by atoms with E-state index < -0.39 is 0 Å². The van der Waals surface area contributed by atoms with Crippen LogP contribution in [0.25, 0.3) is 0 Å². The molecule has 19 heavy (non-hydrogen) atoms. The summed E-state index contributed by atoms with van der Waals surface area (Å²) in [5.74, 6) is -0.0550. The minimum atomic E-state index is -0.0550. The van der Waals surface area contributed by atoms with Crippen molar-refractivity contribution in [3.8, 4) is 6.07 Å². The molecule has 2 N–H and O–H groups in total. The second kappa shape index (κ2) is 6.70. The highest BCUT2D eigenvalue weighted by Crippen LogP contribution is 2.23. The van der Waals surface area contributed by atoms with Crippen LogP contribution in [-0.2, 0) is 0 Å². The predicted octanol–water partition coefficient (Wildman–Crippen LogP) is 2.50. The highest BCUT2D eigenvalue weighted by atomic mass is 15.2. The minimum Gasteiger partial charge on any atom is -0.327 e. The molecule has 1 aromatic rings. The minimum absolute atomic E-state index is 0.0550. The van der Waals surface area contributed by atoms with Crippen LogP contribution in [0.15, 0.2) is 30.3 Å². The largest absolute Gasteiger partial charge is 0.327 e. The molecule has 2 rings (SSSR count). The molecule has 3 atom stereocenters. The van der Waals surface area contributed by atoms with Crippen molar-refractivity contribution in [3.05, 3.63) is 35.9 Å². The summed E-state index contributed by atoms with van der Waals surface area (Å²) in [6.45, 7) is 3.94. The van der Waals surface area contributed by atoms with E-state index in [-0.39, 0.29) is 12.0 Å². The molecule has 0 spiro atoms. The lowest BCUT2D eigenvalue weighted by molar-refractivity contribution is 0.128. The number of likely N-dealkylation sites (tertiary alicyclic amines) is 1. The molecule has 0 amide bonds. The smallest absolute Gasteiger partial charge is 0.0839 e. The third-order valence-electron chi connectivity index (χ3n) is 4.05. The Labute approximate surface area is 116 Å². The average Bonchev–Trinajstić information content (AvgIpc) is 2.46. The van der Waals surface area contributed by atoms with Gasteiger partial charge in [0.15, 0.2) is 0 Å². The van der Waals surface area contributed by atoms with Crippen molar-refractivity contribution in [2.45, 2.75) is 44.2 Å². The first-order valence-corrected chi connectivity index (χ1v) is 7.16. The lowest BCUT2D eigenvalue weighted by Gasteiger charge is -2.39. The van der Waals surface area contributed by atoms with Gasteiger partial charge in [-0.15, -0.1) is 0 Å². The molecule has 3 unspecified atom stereocenters. The molecule has 1 fully saturated rings. The number of rotatable bonds is 4. The van der Waals surface area contributed by atoms with Crippen molar-refractivity contribution < 1.29 is 0 Å². The summed E-state index contributed by atoms with van der Waals surface area (Å²) in [5.41, 5.74) is 7.20. The number of nitrogens with zero attached hydrogens (tertiary/aromatic N) is 2. The standard InChI is InChI=1S/C16H23N3/c1-13(18)16-9-5-6-10-19(16)12-15(11-17)14-7-3-2-4-8-14/h2-4,7-8,13,15-16H,5-6,9-10,12,18H2,1H3. The fraction of sp³-hybridized carbons (Fsp3) is 0.562. The Balaban J connectivity index is 2.07. The molecule has 0 aromatic heterocycles. The van der Waals surface area contributed by atoms with Gasteiger partial charge in [0.2, 0.25) is 0 Å². The zero-order valence-corrected chi connectivity index (χ0v) is 11.6. The maximum Gasteiger partial charge on any atom is 0.0839 e. The summed E-state index contributed by atoms with van der Waals surface area (Å²) >= 11 is 0. The van der Waals surface area contributed by atoms with Gasteiger partial charge in [0.25, 0.3) is 0 Å². The van der Waals surface area contributed by atoms with Gasteiger partial charge in [-0.25, -0.2) is 0 Å². The third kappa shape index (κ3) is 3.56. The van der Waals surface area contributed by atoms with Gasteiger partial charge in [-0.1, -0.05) is 36.8 Å². The van der Waals surface area contributed by atoms with Gasteiger partial charge in [0, 0.05) is 18.6 Å². The number of benzene rings is 1. The van der Waals surface area contributed by atoms with Gasteiger partial charge in [0.05, 0.1) is 12.0 Å². The van der Waals surface area contributed by atoms with Crippen LogP contribution in [0.2, 0.25) is 0 Å². The van der Waals surface area contributed by atoms with E-state index in [1.807, 2.05) is 30.3 Å². The summed E-state index contributed by atoms with van der Waals surface area (Å²) in [4.78, 5) is 2.41. The van der Waals surface area contributed by atoms with Gasteiger partial charge in [0.1, 0.15) is 0 Å². The van der Waals surface area contributed by atoms with E-state index in [1.54, 1.807) is 0 Å². The van der Waals surface area contributed by atoms with Gasteiger partial charge in [-0.2, -0.15) is 5.26 Å². The van der Waals surface area contributed by atoms with Gasteiger partial charge >= 0.3 is 0 Å². The molecule has 1 heterocycles. The SMILES string of the molecule is CC(N)C1CCCCN1CC(C#N)c1ccccc1. The van der Waals surface area contributed by atoms with Crippen LogP contribution in [0.1, 0.15) is 37.7 Å². The van der Waals surface area contributed by atoms with Gasteiger partial charge < -0.3 is 5.73 Å². The van der Waals surface area contributed by atoms with E-state index in [0.717, 1.165) is 25.1 Å². The topological polar surface area (TPSA) is 53.0 Å². The summed E-state index contributed by atoms with van der Waals surface area (Å²) in [6, 6.07) is 13.1. The van der Waals surface area contributed by atoms with E-state index in [1.165, 1.54) is 12.8 Å². The summed E-state index contributed by atoms with van der Waals surface area (Å²) in [6.07, 6.45) is 3.63. The lowest BCUT2D eigenvalue weighted by atomic mass is 9.93. The molecule has 1 aromatic carbocycles. The van der Waals surface area contributed by atoms with Crippen LogP contribution >= 0.6 is 0 Å². The first-order chi connectivity index (χ1) is 9.22. The fourth-order valence-electron chi connectivity index (χ4n) is 2.98. The van der Waals surface area contributed by atoms with Crippen molar-refractivity contribution in [1.82, 2.24) is 4.90 Å². The van der Waals surface area contributed by atoms with Crippen LogP contribution < -0.4 is 5.73 Å². The van der Waals surface area contributed by atoms with Crippen LogP contribution in [0, 0.1) is 11.3 Å². The molecule has 1 aliphatic rings. The molecular formula is C16H23N3. The Kier molecular flexibility index (Phi) is 4.95. The Bertz CT molecular complexity index is 421. The number of hydrogen-bond acceptors (Lipinski definition) is 3. The fourth-order valence-corrected chi connectivity index (χ4v) is 2.98. The van der Waals surface area contributed by atoms with Crippen molar-refractivity contribution >= 4 is 0 Å². The van der Waals surface area contributed by atoms with Crippen molar-refractivity contribution in [1.29, 1.82) is 5.26 Å². The first kappa shape index (κ1) is 14.0. The predicted molar refractivity (Wildman–Crippen MR) is 77.7 cm³/mol. The van der Waals surface area contributed by atoms with Gasteiger partial charge in [-0.05, 0) is 31.9 Å². The number of hydrogen-bond donors (Lipinski definition) is 1. The van der Waals surface area contributed by atoms with Crippen molar-refractivity contribution in [2.24, 2.45) is 5.73 Å². The third-order valence-corrected chi connectivity index (χ3v) is 4.05. The lowest BCUT2D eigenvalue weighted by Crippen LogP contribution is -2.50. The van der Waals surface area contributed by atoms with Crippen molar-refractivity contribution in [2.75, 3.05) is 13.1 Å². The molecule has 1 saturated heterocycles. The van der Waals surface area contributed by atoms with Gasteiger partial charge in [-0.3, -0.25) is 4.90 Å². The van der Waals surface area contributed by atoms with Crippen LogP contribution in [0.4, 0.5) is 0 Å². The van der Waals surface area contributed by atoms with E-state index in [2.05, 4.69) is 17.9 Å². The van der Waals surface area contributed by atoms with E-state index in [4.69, 9.17) is 5.73 Å². The van der Waals surface area contributed by atoms with E-state index in [0.29, 0.717) is 6.04 Å². The maximum absolute atomic E-state index is 9.43. The molecule has 0 radical (unpaired) electrons. The highest BCUT2D eigenvalue weighted by Gasteiger charge is 2.27. The Hall–Kier alpha value is -1.37. The monoisotopic (exact) mass is 257 g/mol. The second-order valence-electron chi connectivity index (χ2n) is 5.51. The molecule has 102 valence electrons. The second-order valence-corrected chi connectivity index (χ2v) is 5.51. The molecule has 0 aliphatic carbocycles. The summed E-state index contributed by atoms with van der Waals surface area (Å²) in [5, 5.41) is 9.43. The Morgan fingerprint density at radius 2 is 2.11 bits per heavy atom. The van der Waals surface area contributed by atoms with Crippen LogP contribution in [0.5, 0.6) is 0 Å². The Morgan fingerprint density at radius 1 is 1.37 bits per heavy atom. The average molecular weight is 257 g/mol. The molecule has 0 saturated carbocycles. The molecule has 3 heteroatoms. The molecule has 0 bridgehead atoms. The molecule has 3 nitrogen and oxygen atoms in total. The van der Waals surface area contributed by atoms with E-state index in [9.17, 15) is 5.26 Å². The van der Waals surface area contributed by atoms with Crippen LogP contribution in [-0.4, -0.2) is 30.1 Å². The normalized spacial score (nSPS) is 23.5. The first-order valence-electron chi connectivity index (χ1n) is 7.16. The Morgan fingerprint density at radius 3 is 2.74 bits per heavy atom. The summed E-state index contributed by atoms with van der Waals surface area (Å²) in [7, 11) is 0. The summed E-state index contributed by atoms with van der Waals surface area (Å²) < 4.78 is 0. The van der Waals surface area contributed by atoms with Crippen LogP contribution in [0.3, 0.4) is 0 Å². The molecule has 1 aliphatic heterocycles.